The molecule has 0 aromatic carbocycles. The van der Waals surface area contributed by atoms with Crippen LogP contribution in [0.5, 0.6) is 0 Å². The number of amides is 1. The lowest BCUT2D eigenvalue weighted by molar-refractivity contribution is 0.0690. The maximum atomic E-state index is 11.8. The number of hydrogen-bond donors (Lipinski definition) is 2. The van der Waals surface area contributed by atoms with Crippen molar-refractivity contribution in [1.29, 1.82) is 0 Å². The van der Waals surface area contributed by atoms with Gasteiger partial charge in [-0.3, -0.25) is 4.79 Å². The Kier molecular flexibility index (Phi) is 4.36. The highest BCUT2D eigenvalue weighted by Gasteiger charge is 2.10. The molecule has 0 saturated heterocycles. The van der Waals surface area contributed by atoms with Crippen LogP contribution in [-0.2, 0) is 6.42 Å². The van der Waals surface area contributed by atoms with Crippen molar-refractivity contribution in [3.63, 3.8) is 0 Å². The second kappa shape index (κ2) is 6.20. The lowest BCUT2D eigenvalue weighted by Crippen LogP contribution is -2.26. The van der Waals surface area contributed by atoms with E-state index in [-0.39, 0.29) is 11.6 Å². The van der Waals surface area contributed by atoms with Gasteiger partial charge in [-0.25, -0.2) is 19.7 Å². The van der Waals surface area contributed by atoms with E-state index in [1.54, 1.807) is 13.0 Å². The molecule has 2 N–H and O–H groups in total. The second-order valence-electron chi connectivity index (χ2n) is 3.98. The van der Waals surface area contributed by atoms with Crippen LogP contribution in [0.25, 0.3) is 0 Å². The Morgan fingerprint density at radius 3 is 2.80 bits per heavy atom. The van der Waals surface area contributed by atoms with Gasteiger partial charge < -0.3 is 10.4 Å². The van der Waals surface area contributed by atoms with Gasteiger partial charge in [-0.15, -0.1) is 11.3 Å². The molecule has 0 bridgehead atoms. The predicted octanol–water partition coefficient (Wildman–Crippen LogP) is 0.912. The van der Waals surface area contributed by atoms with Crippen molar-refractivity contribution in [3.05, 3.63) is 39.9 Å². The Bertz CT molecular complexity index is 641. The molecule has 0 fully saturated rings. The van der Waals surface area contributed by atoms with Crippen LogP contribution in [0, 0.1) is 6.92 Å². The number of hydrogen-bond acceptors (Lipinski definition) is 6. The zero-order valence-electron chi connectivity index (χ0n) is 10.7. The van der Waals surface area contributed by atoms with Gasteiger partial charge in [0.2, 0.25) is 0 Å². The van der Waals surface area contributed by atoms with Crippen LogP contribution >= 0.6 is 11.3 Å². The Labute approximate surface area is 118 Å². The molecular formula is C12H12N4O3S. The zero-order chi connectivity index (χ0) is 14.5. The summed E-state index contributed by atoms with van der Waals surface area (Å²) >= 11 is 1.26. The third-order valence-electron chi connectivity index (χ3n) is 2.43. The fourth-order valence-electron chi connectivity index (χ4n) is 1.48. The third kappa shape index (κ3) is 3.58. The first-order valence-corrected chi connectivity index (χ1v) is 6.69. The number of nitrogens with one attached hydrogen (secondary N) is 1. The number of rotatable bonds is 5. The molecule has 0 aliphatic rings. The van der Waals surface area contributed by atoms with Crippen LogP contribution in [0.3, 0.4) is 0 Å². The number of aromatic carboxylic acids is 1. The van der Waals surface area contributed by atoms with Gasteiger partial charge in [0.05, 0.1) is 5.01 Å². The molecule has 0 radical (unpaired) electrons. The first-order chi connectivity index (χ1) is 9.56. The van der Waals surface area contributed by atoms with E-state index in [2.05, 4.69) is 20.3 Å². The molecule has 8 heteroatoms. The van der Waals surface area contributed by atoms with Gasteiger partial charge in [0.25, 0.3) is 5.91 Å². The minimum atomic E-state index is -1.05. The minimum absolute atomic E-state index is 0.0303. The van der Waals surface area contributed by atoms with Crippen LogP contribution in [0.4, 0.5) is 0 Å². The maximum Gasteiger partial charge on any atom is 0.355 e. The second-order valence-corrected chi connectivity index (χ2v) is 4.92. The van der Waals surface area contributed by atoms with E-state index >= 15 is 0 Å². The average Bonchev–Trinajstić information content (AvgIpc) is 2.87. The topological polar surface area (TPSA) is 105 Å². The monoisotopic (exact) mass is 292 g/mol. The molecule has 1 amide bonds. The first-order valence-electron chi connectivity index (χ1n) is 5.81. The molecule has 20 heavy (non-hydrogen) atoms. The largest absolute Gasteiger partial charge is 0.476 e. The fraction of sp³-hybridized carbons (Fsp3) is 0.250. The summed E-state index contributed by atoms with van der Waals surface area (Å²) in [5, 5.41) is 13.6. The van der Waals surface area contributed by atoms with E-state index in [0.29, 0.717) is 23.7 Å². The Balaban J connectivity index is 1.86. The van der Waals surface area contributed by atoms with Gasteiger partial charge in [-0.2, -0.15) is 0 Å². The van der Waals surface area contributed by atoms with Crippen LogP contribution in [0.1, 0.15) is 31.7 Å². The fourth-order valence-corrected chi connectivity index (χ4v) is 2.25. The number of thiazole rings is 1. The summed E-state index contributed by atoms with van der Waals surface area (Å²) in [7, 11) is 0. The van der Waals surface area contributed by atoms with Crippen molar-refractivity contribution in [3.8, 4) is 0 Å². The van der Waals surface area contributed by atoms with Gasteiger partial charge in [0.15, 0.2) is 5.69 Å². The molecule has 0 aliphatic carbocycles. The van der Waals surface area contributed by atoms with Gasteiger partial charge in [0, 0.05) is 24.0 Å². The quantitative estimate of drug-likeness (QED) is 0.848. The van der Waals surface area contributed by atoms with E-state index in [9.17, 15) is 9.59 Å². The number of aromatic nitrogens is 3. The molecule has 0 unspecified atom stereocenters. The zero-order valence-corrected chi connectivity index (χ0v) is 11.5. The van der Waals surface area contributed by atoms with Crippen molar-refractivity contribution in [2.75, 3.05) is 6.54 Å². The normalized spacial score (nSPS) is 10.2. The van der Waals surface area contributed by atoms with Gasteiger partial charge in [-0.1, -0.05) is 0 Å². The highest BCUT2D eigenvalue weighted by Crippen LogP contribution is 2.09. The van der Waals surface area contributed by atoms with Crippen LogP contribution in [0.2, 0.25) is 0 Å². The number of carboxylic acids is 1. The lowest BCUT2D eigenvalue weighted by atomic mass is 10.3. The van der Waals surface area contributed by atoms with E-state index in [1.807, 2.05) is 0 Å². The Morgan fingerprint density at radius 1 is 1.35 bits per heavy atom. The molecule has 2 rings (SSSR count). The van der Waals surface area contributed by atoms with Crippen LogP contribution < -0.4 is 5.32 Å². The number of carboxylic acid groups (broad SMARTS) is 1. The highest BCUT2D eigenvalue weighted by atomic mass is 32.1. The molecule has 0 saturated carbocycles. The smallest absolute Gasteiger partial charge is 0.355 e. The van der Waals surface area contributed by atoms with Gasteiger partial charge in [-0.05, 0) is 13.0 Å². The van der Waals surface area contributed by atoms with E-state index in [4.69, 9.17) is 5.11 Å². The Morgan fingerprint density at radius 2 is 2.15 bits per heavy atom. The van der Waals surface area contributed by atoms with Crippen LogP contribution in [-0.4, -0.2) is 38.5 Å². The molecule has 2 aromatic heterocycles. The van der Waals surface area contributed by atoms with E-state index in [0.717, 1.165) is 5.69 Å². The van der Waals surface area contributed by atoms with E-state index in [1.165, 1.54) is 23.0 Å². The Hall–Kier alpha value is -2.35. The number of carbonyl (C=O) groups is 2. The first kappa shape index (κ1) is 14.1. The van der Waals surface area contributed by atoms with Crippen molar-refractivity contribution < 1.29 is 14.7 Å². The summed E-state index contributed by atoms with van der Waals surface area (Å²) in [6, 6.07) is 1.60. The van der Waals surface area contributed by atoms with Crippen molar-refractivity contribution >= 4 is 23.2 Å². The summed E-state index contributed by atoms with van der Waals surface area (Å²) in [6.45, 7) is 2.15. The van der Waals surface area contributed by atoms with Crippen molar-refractivity contribution in [1.82, 2.24) is 20.3 Å². The predicted molar refractivity (Wildman–Crippen MR) is 71.9 cm³/mol. The molecule has 2 heterocycles. The minimum Gasteiger partial charge on any atom is -0.476 e. The highest BCUT2D eigenvalue weighted by molar-refractivity contribution is 7.09. The summed E-state index contributed by atoms with van der Waals surface area (Å²) in [5.74, 6) is -1.33. The SMILES string of the molecule is Cc1cc(C(=O)NCCc2nc(C(=O)O)cs2)ncn1. The third-order valence-corrected chi connectivity index (χ3v) is 3.34. The molecule has 2 aromatic rings. The molecule has 104 valence electrons. The van der Waals surface area contributed by atoms with Crippen molar-refractivity contribution in [2.45, 2.75) is 13.3 Å². The van der Waals surface area contributed by atoms with Crippen LogP contribution in [0.15, 0.2) is 17.8 Å². The van der Waals surface area contributed by atoms with E-state index < -0.39 is 5.97 Å². The summed E-state index contributed by atoms with van der Waals surface area (Å²) in [4.78, 5) is 34.2. The molecule has 7 nitrogen and oxygen atoms in total. The molecule has 0 atom stereocenters. The standard InChI is InChI=1S/C12H12N4O3S/c1-7-4-8(15-6-14-7)11(17)13-3-2-10-16-9(5-20-10)12(18)19/h4-6H,2-3H2,1H3,(H,13,17)(H,18,19). The number of carbonyl (C=O) groups excluding carboxylic acids is 1. The molecular weight excluding hydrogens is 280 g/mol. The number of nitrogens with zero attached hydrogens (tertiary/aromatic N) is 3. The van der Waals surface area contributed by atoms with Gasteiger partial charge >= 0.3 is 5.97 Å². The summed E-state index contributed by atoms with van der Waals surface area (Å²) in [6.07, 6.45) is 1.82. The number of aryl methyl sites for hydroxylation is 1. The lowest BCUT2D eigenvalue weighted by Gasteiger charge is -2.03. The summed E-state index contributed by atoms with van der Waals surface area (Å²) < 4.78 is 0. The van der Waals surface area contributed by atoms with Crippen molar-refractivity contribution in [2.24, 2.45) is 0 Å². The molecule has 0 spiro atoms. The maximum absolute atomic E-state index is 11.8. The summed E-state index contributed by atoms with van der Waals surface area (Å²) in [5.41, 5.74) is 1.06. The molecule has 0 aliphatic heterocycles. The average molecular weight is 292 g/mol. The van der Waals surface area contributed by atoms with Gasteiger partial charge in [0.1, 0.15) is 12.0 Å².